The molecule has 1 atom stereocenters. The van der Waals surface area contributed by atoms with Crippen LogP contribution in [0.2, 0.25) is 5.02 Å². The Kier molecular flexibility index (Phi) is 6.75. The first-order valence-corrected chi connectivity index (χ1v) is 13.1. The predicted molar refractivity (Wildman–Crippen MR) is 140 cm³/mol. The van der Waals surface area contributed by atoms with Gasteiger partial charge in [0.1, 0.15) is 18.0 Å². The summed E-state index contributed by atoms with van der Waals surface area (Å²) in [7, 11) is 0. The minimum absolute atomic E-state index is 0.0160. The minimum Gasteiger partial charge on any atom is -0.487 e. The van der Waals surface area contributed by atoms with Gasteiger partial charge in [-0.2, -0.15) is 0 Å². The van der Waals surface area contributed by atoms with E-state index in [1.165, 1.54) is 21.9 Å². The Hall–Kier alpha value is -3.71. The van der Waals surface area contributed by atoms with Crippen molar-refractivity contribution in [1.82, 2.24) is 14.8 Å². The molecule has 39 heavy (non-hydrogen) atoms. The Morgan fingerprint density at radius 1 is 1.26 bits per heavy atom. The molecule has 3 aromatic rings. The summed E-state index contributed by atoms with van der Waals surface area (Å²) in [6.07, 6.45) is -1.91. The average molecular weight is 581 g/mol. The third kappa shape index (κ3) is 5.03. The SMILES string of the molecule is CC(C)(C)OC(=O)Nc1nc2c(-c3c(Cl)cc4c(c3F)OC[C@H]3CN(C(=O)O)CCN3C4=O)ccc(F)c2s1. The van der Waals surface area contributed by atoms with Crippen LogP contribution in [0, 0.1) is 11.6 Å². The van der Waals surface area contributed by atoms with Crippen LogP contribution in [0.3, 0.4) is 0 Å². The third-order valence-electron chi connectivity index (χ3n) is 6.21. The van der Waals surface area contributed by atoms with E-state index in [0.717, 1.165) is 17.4 Å². The van der Waals surface area contributed by atoms with Gasteiger partial charge in [-0.05, 0) is 39.0 Å². The Morgan fingerprint density at radius 2 is 2.00 bits per heavy atom. The van der Waals surface area contributed by atoms with Gasteiger partial charge < -0.3 is 24.4 Å². The average Bonchev–Trinajstić information content (AvgIpc) is 3.21. The summed E-state index contributed by atoms with van der Waals surface area (Å²) in [5.74, 6) is -2.45. The van der Waals surface area contributed by atoms with E-state index in [1.54, 1.807) is 20.8 Å². The maximum atomic E-state index is 16.1. The molecule has 2 aliphatic heterocycles. The number of piperazine rings is 1. The van der Waals surface area contributed by atoms with E-state index < -0.39 is 41.4 Å². The lowest BCUT2D eigenvalue weighted by Crippen LogP contribution is -2.57. The Morgan fingerprint density at radius 3 is 2.69 bits per heavy atom. The van der Waals surface area contributed by atoms with Crippen molar-refractivity contribution in [3.63, 3.8) is 0 Å². The summed E-state index contributed by atoms with van der Waals surface area (Å²) in [5, 5.41) is 11.7. The van der Waals surface area contributed by atoms with E-state index in [-0.39, 0.29) is 69.1 Å². The third-order valence-corrected chi connectivity index (χ3v) is 7.49. The van der Waals surface area contributed by atoms with Crippen molar-refractivity contribution >= 4 is 56.4 Å². The van der Waals surface area contributed by atoms with Gasteiger partial charge in [-0.15, -0.1) is 0 Å². The van der Waals surface area contributed by atoms with Crippen LogP contribution >= 0.6 is 22.9 Å². The molecular weight excluding hydrogens is 558 g/mol. The van der Waals surface area contributed by atoms with Gasteiger partial charge in [0.05, 0.1) is 26.8 Å². The first-order valence-electron chi connectivity index (χ1n) is 11.9. The van der Waals surface area contributed by atoms with Crippen LogP contribution in [0.1, 0.15) is 31.1 Å². The zero-order valence-electron chi connectivity index (χ0n) is 21.0. The number of fused-ring (bicyclic) bond motifs is 3. The van der Waals surface area contributed by atoms with Gasteiger partial charge in [0, 0.05) is 30.8 Å². The highest BCUT2D eigenvalue weighted by Gasteiger charge is 2.39. The summed E-state index contributed by atoms with van der Waals surface area (Å²) in [6, 6.07) is 3.10. The Labute approximate surface area is 230 Å². The monoisotopic (exact) mass is 580 g/mol. The highest BCUT2D eigenvalue weighted by Crippen LogP contribution is 2.44. The molecule has 10 nitrogen and oxygen atoms in total. The molecule has 14 heteroatoms. The lowest BCUT2D eigenvalue weighted by atomic mass is 10.00. The molecule has 0 spiro atoms. The first-order chi connectivity index (χ1) is 18.3. The summed E-state index contributed by atoms with van der Waals surface area (Å²) in [4.78, 5) is 43.8. The van der Waals surface area contributed by atoms with E-state index in [1.807, 2.05) is 0 Å². The highest BCUT2D eigenvalue weighted by molar-refractivity contribution is 7.22. The first kappa shape index (κ1) is 26.9. The summed E-state index contributed by atoms with van der Waals surface area (Å²) in [5.41, 5.74) is -0.861. The van der Waals surface area contributed by atoms with Gasteiger partial charge in [-0.25, -0.2) is 23.4 Å². The van der Waals surface area contributed by atoms with Gasteiger partial charge >= 0.3 is 12.2 Å². The highest BCUT2D eigenvalue weighted by atomic mass is 35.5. The number of carbonyl (C=O) groups excluding carboxylic acids is 2. The number of thiazole rings is 1. The maximum Gasteiger partial charge on any atom is 0.413 e. The van der Waals surface area contributed by atoms with Gasteiger partial charge in [0.25, 0.3) is 5.91 Å². The van der Waals surface area contributed by atoms with E-state index in [9.17, 15) is 23.9 Å². The smallest absolute Gasteiger partial charge is 0.413 e. The molecule has 0 radical (unpaired) electrons. The van der Waals surface area contributed by atoms with Gasteiger partial charge in [-0.1, -0.05) is 22.9 Å². The molecule has 3 amide bonds. The van der Waals surface area contributed by atoms with Crippen molar-refractivity contribution in [3.8, 4) is 16.9 Å². The number of benzene rings is 2. The van der Waals surface area contributed by atoms with E-state index in [0.29, 0.717) is 0 Å². The molecule has 1 fully saturated rings. The van der Waals surface area contributed by atoms with Gasteiger partial charge in [0.2, 0.25) is 0 Å². The van der Waals surface area contributed by atoms with Crippen molar-refractivity contribution in [2.75, 3.05) is 31.6 Å². The second-order valence-corrected chi connectivity index (χ2v) is 11.4. The van der Waals surface area contributed by atoms with Crippen LogP contribution in [0.5, 0.6) is 5.75 Å². The molecule has 1 saturated heterocycles. The minimum atomic E-state index is -1.12. The van der Waals surface area contributed by atoms with Crippen LogP contribution < -0.4 is 10.1 Å². The molecule has 1 aromatic heterocycles. The van der Waals surface area contributed by atoms with Crippen LogP contribution in [0.15, 0.2) is 18.2 Å². The quantitative estimate of drug-likeness (QED) is 0.414. The molecule has 0 aliphatic carbocycles. The standard InChI is InChI=1S/C25H23ClF2N4O6S/c1-25(2,3)38-23(34)30-22-29-18-12(4-5-15(27)20(18)39-22)16-14(26)8-13-19(17(16)28)37-10-11-9-31(24(35)36)6-7-32(11)21(13)33/h4-5,8,11H,6-7,9-10H2,1-3H3,(H,35,36)(H,29,30,34)/t11-/m1/s1. The lowest BCUT2D eigenvalue weighted by molar-refractivity contribution is 0.0388. The van der Waals surface area contributed by atoms with Crippen molar-refractivity contribution in [2.24, 2.45) is 0 Å². The topological polar surface area (TPSA) is 121 Å². The zero-order valence-corrected chi connectivity index (χ0v) is 22.6. The Balaban J connectivity index is 1.55. The number of rotatable bonds is 2. The summed E-state index contributed by atoms with van der Waals surface area (Å²) in [6.45, 7) is 5.16. The van der Waals surface area contributed by atoms with E-state index in [4.69, 9.17) is 21.1 Å². The second-order valence-electron chi connectivity index (χ2n) is 10.0. The molecule has 2 N–H and O–H groups in total. The largest absolute Gasteiger partial charge is 0.487 e. The fraction of sp³-hybridized carbons (Fsp3) is 0.360. The number of anilines is 1. The second kappa shape index (κ2) is 9.79. The van der Waals surface area contributed by atoms with Crippen molar-refractivity contribution < 1.29 is 37.7 Å². The number of nitrogens with one attached hydrogen (secondary N) is 1. The van der Waals surface area contributed by atoms with E-state index >= 15 is 4.39 Å². The number of carbonyl (C=O) groups is 3. The molecule has 2 aliphatic rings. The number of hydrogen-bond donors (Lipinski definition) is 2. The van der Waals surface area contributed by atoms with Crippen LogP contribution in [-0.2, 0) is 4.74 Å². The molecule has 3 heterocycles. The van der Waals surface area contributed by atoms with Crippen LogP contribution in [-0.4, -0.2) is 75.9 Å². The fourth-order valence-corrected chi connectivity index (χ4v) is 5.72. The molecule has 0 bridgehead atoms. The molecule has 5 rings (SSSR count). The molecule has 0 unspecified atom stereocenters. The summed E-state index contributed by atoms with van der Waals surface area (Å²) >= 11 is 7.34. The normalized spacial score (nSPS) is 17.3. The number of amides is 3. The van der Waals surface area contributed by atoms with E-state index in [2.05, 4.69) is 10.3 Å². The number of ether oxygens (including phenoxy) is 2. The zero-order chi connectivity index (χ0) is 28.2. The number of carboxylic acid groups (broad SMARTS) is 1. The molecule has 2 aromatic carbocycles. The van der Waals surface area contributed by atoms with Gasteiger partial charge in [0.15, 0.2) is 16.7 Å². The van der Waals surface area contributed by atoms with Crippen molar-refractivity contribution in [3.05, 3.63) is 40.4 Å². The molecular formula is C25H23ClF2N4O6S. The predicted octanol–water partition coefficient (Wildman–Crippen LogP) is 5.44. The van der Waals surface area contributed by atoms with Gasteiger partial charge in [-0.3, -0.25) is 10.1 Å². The fourth-order valence-electron chi connectivity index (χ4n) is 4.54. The number of halogens is 3. The molecule has 206 valence electrons. The van der Waals surface area contributed by atoms with Crippen LogP contribution in [0.25, 0.3) is 21.3 Å². The van der Waals surface area contributed by atoms with Crippen molar-refractivity contribution in [2.45, 2.75) is 32.4 Å². The Bertz CT molecular complexity index is 1520. The molecule has 0 saturated carbocycles. The van der Waals surface area contributed by atoms with Crippen molar-refractivity contribution in [1.29, 1.82) is 0 Å². The maximum absolute atomic E-state index is 16.1. The number of nitrogens with zero attached hydrogens (tertiary/aromatic N) is 3. The number of aromatic nitrogens is 1. The number of hydrogen-bond acceptors (Lipinski definition) is 7. The van der Waals surface area contributed by atoms with Crippen LogP contribution in [0.4, 0.5) is 23.5 Å². The summed E-state index contributed by atoms with van der Waals surface area (Å²) < 4.78 is 41.8. The lowest BCUT2D eigenvalue weighted by Gasteiger charge is -2.38.